The highest BCUT2D eigenvalue weighted by molar-refractivity contribution is 7.90. The number of fused-ring (bicyclic) bond motifs is 1. The molecule has 1 fully saturated rings. The quantitative estimate of drug-likeness (QED) is 0.576. The van der Waals surface area contributed by atoms with Crippen molar-refractivity contribution in [2.45, 2.75) is 24.3 Å². The number of hydrogen-bond acceptors (Lipinski definition) is 5. The van der Waals surface area contributed by atoms with Gasteiger partial charge in [0.25, 0.3) is 15.9 Å². The molecule has 2 heterocycles. The molecule has 32 heavy (non-hydrogen) atoms. The molecule has 10 heteroatoms. The van der Waals surface area contributed by atoms with Crippen molar-refractivity contribution >= 4 is 48.9 Å². The van der Waals surface area contributed by atoms with Crippen LogP contribution >= 0.6 is 11.3 Å². The Kier molecular flexibility index (Phi) is 6.27. The molecular formula is C22H22FN3O4S2. The average Bonchev–Trinajstić information content (AvgIpc) is 3.33. The van der Waals surface area contributed by atoms with E-state index in [1.54, 1.807) is 12.1 Å². The number of halogens is 1. The number of hydrogen-bond donors (Lipinski definition) is 1. The summed E-state index contributed by atoms with van der Waals surface area (Å²) in [7, 11) is -0.532. The largest absolute Gasteiger partial charge is 0.380 e. The first kappa shape index (κ1) is 22.4. The van der Waals surface area contributed by atoms with Gasteiger partial charge in [-0.1, -0.05) is 6.07 Å². The number of benzene rings is 2. The zero-order valence-corrected chi connectivity index (χ0v) is 19.2. The van der Waals surface area contributed by atoms with E-state index in [0.29, 0.717) is 38.5 Å². The van der Waals surface area contributed by atoms with Crippen molar-refractivity contribution in [3.8, 4) is 0 Å². The molecule has 4 rings (SSSR count). The number of methoxy groups -OCH3 is 1. The highest BCUT2D eigenvalue weighted by Gasteiger charge is 2.22. The minimum absolute atomic E-state index is 0.0484. The van der Waals surface area contributed by atoms with Crippen LogP contribution in [0.1, 0.15) is 28.1 Å². The van der Waals surface area contributed by atoms with Crippen molar-refractivity contribution < 1.29 is 22.3 Å². The number of rotatable bonds is 6. The highest BCUT2D eigenvalue weighted by atomic mass is 32.2. The van der Waals surface area contributed by atoms with E-state index in [2.05, 4.69) is 9.71 Å². The summed E-state index contributed by atoms with van der Waals surface area (Å²) in [5, 5.41) is 3.13. The van der Waals surface area contributed by atoms with E-state index in [9.17, 15) is 17.6 Å². The summed E-state index contributed by atoms with van der Waals surface area (Å²) in [6.07, 6.45) is 1.51. The molecular weight excluding hydrogens is 453 g/mol. The Bertz CT molecular complexity index is 1300. The summed E-state index contributed by atoms with van der Waals surface area (Å²) in [5.74, 6) is -0.278. The number of nitrogens with one attached hydrogen (secondary N) is 1. The minimum Gasteiger partial charge on any atom is -0.380 e. The normalized spacial score (nSPS) is 15.6. The molecule has 168 valence electrons. The molecule has 1 aliphatic rings. The predicted molar refractivity (Wildman–Crippen MR) is 123 cm³/mol. The first-order valence-electron chi connectivity index (χ1n) is 9.95. The van der Waals surface area contributed by atoms with Crippen LogP contribution in [-0.4, -0.2) is 45.8 Å². The van der Waals surface area contributed by atoms with Crippen LogP contribution in [0.5, 0.6) is 0 Å². The van der Waals surface area contributed by atoms with E-state index in [1.165, 1.54) is 48.8 Å². The number of amides is 1. The maximum absolute atomic E-state index is 14.3. The summed E-state index contributed by atoms with van der Waals surface area (Å²) < 4.78 is 49.3. The van der Waals surface area contributed by atoms with Gasteiger partial charge in [0.1, 0.15) is 11.7 Å². The zero-order valence-electron chi connectivity index (χ0n) is 17.6. The number of sulfonamides is 1. The minimum atomic E-state index is -3.83. The van der Waals surface area contributed by atoms with Gasteiger partial charge < -0.3 is 15.0 Å². The summed E-state index contributed by atoms with van der Waals surface area (Å²) >= 11 is 1.18. The fourth-order valence-electron chi connectivity index (χ4n) is 3.63. The molecule has 1 saturated heterocycles. The third-order valence-corrected chi connectivity index (χ3v) is 7.74. The molecule has 0 atom stereocenters. The second-order valence-electron chi connectivity index (χ2n) is 7.44. The van der Waals surface area contributed by atoms with Crippen molar-refractivity contribution in [1.29, 1.82) is 0 Å². The van der Waals surface area contributed by atoms with Crippen molar-refractivity contribution in [2.75, 3.05) is 26.0 Å². The number of likely N-dealkylation sites (tertiary alicyclic amines) is 1. The van der Waals surface area contributed by atoms with Gasteiger partial charge in [0, 0.05) is 48.5 Å². The number of amidine groups is 1. The summed E-state index contributed by atoms with van der Waals surface area (Å²) in [6.45, 7) is 0.877. The lowest BCUT2D eigenvalue weighted by Gasteiger charge is -2.11. The molecule has 2 aromatic carbocycles. The number of nitrogens with zero attached hydrogens (tertiary/aromatic N) is 2. The second-order valence-corrected chi connectivity index (χ2v) is 10.1. The van der Waals surface area contributed by atoms with Gasteiger partial charge in [0.15, 0.2) is 0 Å². The lowest BCUT2D eigenvalue weighted by Crippen LogP contribution is -2.20. The number of carbonyl (C=O) groups excluding carboxylic acids is 1. The molecule has 3 aromatic rings. The molecule has 1 aromatic heterocycles. The van der Waals surface area contributed by atoms with Gasteiger partial charge in [-0.25, -0.2) is 4.39 Å². The van der Waals surface area contributed by atoms with Gasteiger partial charge in [0.05, 0.1) is 16.4 Å². The molecule has 1 aliphatic heterocycles. The Hall–Kier alpha value is -2.82. The SMILES string of the molecule is COCc1c(C(=O)Nc2ccc(S(=O)(=O)/N=C3/CCCN3C)cc2)sc2cccc(F)c12. The first-order chi connectivity index (χ1) is 15.3. The van der Waals surface area contributed by atoms with E-state index in [0.717, 1.165) is 13.0 Å². The third kappa shape index (κ3) is 4.38. The van der Waals surface area contributed by atoms with Crippen molar-refractivity contribution in [1.82, 2.24) is 4.90 Å². The third-order valence-electron chi connectivity index (χ3n) is 5.23. The Morgan fingerprint density at radius 2 is 2.00 bits per heavy atom. The number of thiophene rings is 1. The van der Waals surface area contributed by atoms with E-state index in [4.69, 9.17) is 4.74 Å². The molecule has 0 saturated carbocycles. The average molecular weight is 476 g/mol. The lowest BCUT2D eigenvalue weighted by atomic mass is 10.1. The molecule has 0 spiro atoms. The van der Waals surface area contributed by atoms with Crippen LogP contribution in [0.4, 0.5) is 10.1 Å². The maximum Gasteiger partial charge on any atom is 0.283 e. The molecule has 0 unspecified atom stereocenters. The monoisotopic (exact) mass is 475 g/mol. The molecule has 0 radical (unpaired) electrons. The van der Waals surface area contributed by atoms with Gasteiger partial charge in [0.2, 0.25) is 0 Å². The first-order valence-corrected chi connectivity index (χ1v) is 12.2. The van der Waals surface area contributed by atoms with Crippen molar-refractivity contribution in [2.24, 2.45) is 4.40 Å². The van der Waals surface area contributed by atoms with Crippen LogP contribution in [0.25, 0.3) is 10.1 Å². The standard InChI is InChI=1S/C22H22FN3O4S2/c1-26-12-4-7-19(26)25-32(28,29)15-10-8-14(9-11-15)24-22(27)21-16(13-30-2)20-17(23)5-3-6-18(20)31-21/h3,5-6,8-11H,4,7,12-13H2,1-2H3,(H,24,27)/b25-19-. The van der Waals surface area contributed by atoms with Gasteiger partial charge in [-0.15, -0.1) is 15.7 Å². The lowest BCUT2D eigenvalue weighted by molar-refractivity contribution is 0.102. The predicted octanol–water partition coefficient (Wildman–Crippen LogP) is 4.25. The van der Waals surface area contributed by atoms with Crippen LogP contribution in [0.3, 0.4) is 0 Å². The van der Waals surface area contributed by atoms with E-state index in [1.807, 2.05) is 11.9 Å². The van der Waals surface area contributed by atoms with Gasteiger partial charge in [-0.05, 0) is 42.8 Å². The van der Waals surface area contributed by atoms with Crippen molar-refractivity contribution in [3.05, 3.63) is 58.7 Å². The zero-order chi connectivity index (χ0) is 22.9. The highest BCUT2D eigenvalue weighted by Crippen LogP contribution is 2.34. The number of ether oxygens (including phenoxy) is 1. The maximum atomic E-state index is 14.3. The van der Waals surface area contributed by atoms with Gasteiger partial charge in [-0.3, -0.25) is 4.79 Å². The van der Waals surface area contributed by atoms with Gasteiger partial charge in [-0.2, -0.15) is 8.42 Å². The summed E-state index contributed by atoms with van der Waals surface area (Å²) in [5.41, 5.74) is 0.902. The van der Waals surface area contributed by atoms with Crippen LogP contribution in [0, 0.1) is 5.82 Å². The molecule has 0 bridgehead atoms. The molecule has 1 amide bonds. The fourth-order valence-corrected chi connectivity index (χ4v) is 5.84. The molecule has 1 N–H and O–H groups in total. The molecule has 7 nitrogen and oxygen atoms in total. The van der Waals surface area contributed by atoms with Gasteiger partial charge >= 0.3 is 0 Å². The fraction of sp³-hybridized carbons (Fsp3) is 0.273. The van der Waals surface area contributed by atoms with Crippen LogP contribution in [0.2, 0.25) is 0 Å². The van der Waals surface area contributed by atoms with Crippen LogP contribution in [-0.2, 0) is 21.4 Å². The summed E-state index contributed by atoms with van der Waals surface area (Å²) in [4.78, 5) is 15.1. The Morgan fingerprint density at radius 1 is 1.25 bits per heavy atom. The smallest absolute Gasteiger partial charge is 0.283 e. The van der Waals surface area contributed by atoms with E-state index >= 15 is 0 Å². The van der Waals surface area contributed by atoms with Crippen LogP contribution < -0.4 is 5.32 Å². The number of anilines is 1. The number of carbonyl (C=O) groups is 1. The van der Waals surface area contributed by atoms with Crippen molar-refractivity contribution in [3.63, 3.8) is 0 Å². The Morgan fingerprint density at radius 3 is 2.66 bits per heavy atom. The van der Waals surface area contributed by atoms with E-state index in [-0.39, 0.29) is 11.5 Å². The van der Waals surface area contributed by atoms with Crippen LogP contribution in [0.15, 0.2) is 51.8 Å². The Balaban J connectivity index is 1.57. The topological polar surface area (TPSA) is 88.1 Å². The summed E-state index contributed by atoms with van der Waals surface area (Å²) in [6, 6.07) is 10.5. The molecule has 0 aliphatic carbocycles. The Labute approximate surface area is 189 Å². The van der Waals surface area contributed by atoms with E-state index < -0.39 is 21.7 Å². The second kappa shape index (κ2) is 8.97.